The summed E-state index contributed by atoms with van der Waals surface area (Å²) in [6.45, 7) is 3.12. The molecule has 88 valence electrons. The Bertz CT molecular complexity index is 382. The molecule has 0 amide bonds. The number of hydrogen-bond acceptors (Lipinski definition) is 4. The number of methoxy groups -OCH3 is 1. The van der Waals surface area contributed by atoms with Crippen molar-refractivity contribution >= 4 is 17.4 Å². The maximum Gasteiger partial charge on any atom is 0.143 e. The molecule has 0 saturated heterocycles. The first-order valence-corrected chi connectivity index (χ1v) is 6.46. The van der Waals surface area contributed by atoms with Crippen molar-refractivity contribution in [2.24, 2.45) is 0 Å². The number of rotatable bonds is 3. The van der Waals surface area contributed by atoms with Crippen LogP contribution in [0.1, 0.15) is 5.56 Å². The lowest BCUT2D eigenvalue weighted by Crippen LogP contribution is -2.35. The van der Waals surface area contributed by atoms with E-state index in [1.807, 2.05) is 24.9 Å². The van der Waals surface area contributed by atoms with Gasteiger partial charge in [0.15, 0.2) is 0 Å². The van der Waals surface area contributed by atoms with Gasteiger partial charge in [-0.05, 0) is 25.6 Å². The second-order valence-corrected chi connectivity index (χ2v) is 5.03. The molecule has 0 radical (unpaired) electrons. The lowest BCUT2D eigenvalue weighted by atomic mass is 10.1. The Balaban J connectivity index is 2.31. The number of nitrogens with one attached hydrogen (secondary N) is 2. The number of aryl methyl sites for hydroxylation is 1. The van der Waals surface area contributed by atoms with Gasteiger partial charge in [-0.1, -0.05) is 6.07 Å². The van der Waals surface area contributed by atoms with Crippen LogP contribution in [-0.2, 0) is 0 Å². The van der Waals surface area contributed by atoms with Crippen molar-refractivity contribution in [3.63, 3.8) is 0 Å². The van der Waals surface area contributed by atoms with Crippen molar-refractivity contribution in [1.82, 2.24) is 5.32 Å². The van der Waals surface area contributed by atoms with Crippen molar-refractivity contribution < 1.29 is 4.74 Å². The molecule has 1 heterocycles. The minimum absolute atomic E-state index is 0.471. The number of fused-ring (bicyclic) bond motifs is 1. The molecule has 1 aliphatic rings. The zero-order valence-corrected chi connectivity index (χ0v) is 10.8. The predicted molar refractivity (Wildman–Crippen MR) is 69.8 cm³/mol. The van der Waals surface area contributed by atoms with Gasteiger partial charge in [-0.3, -0.25) is 0 Å². The Kier molecular flexibility index (Phi) is 3.61. The fourth-order valence-corrected chi connectivity index (χ4v) is 3.12. The Morgan fingerprint density at radius 2 is 2.38 bits per heavy atom. The van der Waals surface area contributed by atoms with Gasteiger partial charge in [0, 0.05) is 23.2 Å². The van der Waals surface area contributed by atoms with Crippen LogP contribution in [0.2, 0.25) is 0 Å². The molecule has 0 fully saturated rings. The highest BCUT2D eigenvalue weighted by Crippen LogP contribution is 2.41. The van der Waals surface area contributed by atoms with E-state index in [9.17, 15) is 0 Å². The van der Waals surface area contributed by atoms with E-state index in [4.69, 9.17) is 4.74 Å². The Labute approximate surface area is 101 Å². The maximum absolute atomic E-state index is 5.40. The molecule has 2 rings (SSSR count). The summed E-state index contributed by atoms with van der Waals surface area (Å²) in [5, 5.41) is 6.75. The van der Waals surface area contributed by atoms with Crippen molar-refractivity contribution in [3.8, 4) is 5.75 Å². The number of ether oxygens (including phenoxy) is 1. The molecule has 0 bridgehead atoms. The van der Waals surface area contributed by atoms with Crippen molar-refractivity contribution in [1.29, 1.82) is 0 Å². The summed E-state index contributed by atoms with van der Waals surface area (Å²) < 4.78 is 5.40. The van der Waals surface area contributed by atoms with E-state index in [1.165, 1.54) is 10.5 Å². The minimum atomic E-state index is 0.471. The standard InChI is InChI=1S/C12H18N2OS/c1-8-4-5-10(15-3)11-12(8)16-7-9(14-11)6-13-2/h4-5,9,13-14H,6-7H2,1-3H3. The number of benzene rings is 1. The smallest absolute Gasteiger partial charge is 0.143 e. The summed E-state index contributed by atoms with van der Waals surface area (Å²) in [5.74, 6) is 2.04. The largest absolute Gasteiger partial charge is 0.495 e. The van der Waals surface area contributed by atoms with Gasteiger partial charge in [-0.2, -0.15) is 0 Å². The van der Waals surface area contributed by atoms with Crippen LogP contribution in [-0.4, -0.2) is 32.5 Å². The zero-order valence-electron chi connectivity index (χ0n) is 9.96. The van der Waals surface area contributed by atoms with Crippen LogP contribution in [0.5, 0.6) is 5.75 Å². The molecule has 1 aromatic rings. The number of hydrogen-bond donors (Lipinski definition) is 2. The first-order valence-electron chi connectivity index (χ1n) is 5.47. The van der Waals surface area contributed by atoms with Crippen LogP contribution >= 0.6 is 11.8 Å². The SMILES string of the molecule is CNCC1CSc2c(C)ccc(OC)c2N1. The monoisotopic (exact) mass is 238 g/mol. The van der Waals surface area contributed by atoms with Gasteiger partial charge in [-0.25, -0.2) is 0 Å². The van der Waals surface area contributed by atoms with Gasteiger partial charge in [0.25, 0.3) is 0 Å². The minimum Gasteiger partial charge on any atom is -0.495 e. The molecule has 1 unspecified atom stereocenters. The van der Waals surface area contributed by atoms with E-state index in [0.717, 1.165) is 23.7 Å². The zero-order chi connectivity index (χ0) is 11.5. The van der Waals surface area contributed by atoms with E-state index in [1.54, 1.807) is 7.11 Å². The van der Waals surface area contributed by atoms with Crippen LogP contribution in [0, 0.1) is 6.92 Å². The fourth-order valence-electron chi connectivity index (χ4n) is 1.95. The topological polar surface area (TPSA) is 33.3 Å². The van der Waals surface area contributed by atoms with Gasteiger partial charge in [0.2, 0.25) is 0 Å². The molecule has 1 atom stereocenters. The summed E-state index contributed by atoms with van der Waals surface area (Å²) in [4.78, 5) is 1.33. The highest BCUT2D eigenvalue weighted by Gasteiger charge is 2.22. The lowest BCUT2D eigenvalue weighted by molar-refractivity contribution is 0.414. The normalized spacial score (nSPS) is 18.8. The van der Waals surface area contributed by atoms with Gasteiger partial charge in [0.05, 0.1) is 12.8 Å². The average Bonchev–Trinajstić information content (AvgIpc) is 2.30. The van der Waals surface area contributed by atoms with Crippen molar-refractivity contribution in [3.05, 3.63) is 17.7 Å². The highest BCUT2D eigenvalue weighted by molar-refractivity contribution is 7.99. The summed E-state index contributed by atoms with van der Waals surface area (Å²) in [6, 6.07) is 4.62. The van der Waals surface area contributed by atoms with Crippen LogP contribution < -0.4 is 15.4 Å². The fraction of sp³-hybridized carbons (Fsp3) is 0.500. The quantitative estimate of drug-likeness (QED) is 0.845. The summed E-state index contributed by atoms with van der Waals surface area (Å²) in [5.41, 5.74) is 2.47. The van der Waals surface area contributed by atoms with Crippen molar-refractivity contribution in [2.45, 2.75) is 17.9 Å². The second kappa shape index (κ2) is 4.97. The first kappa shape index (κ1) is 11.6. The van der Waals surface area contributed by atoms with E-state index in [2.05, 4.69) is 23.6 Å². The Morgan fingerprint density at radius 1 is 1.56 bits per heavy atom. The van der Waals surface area contributed by atoms with E-state index >= 15 is 0 Å². The molecular formula is C12H18N2OS. The summed E-state index contributed by atoms with van der Waals surface area (Å²) in [6.07, 6.45) is 0. The Hall–Kier alpha value is -0.870. The van der Waals surface area contributed by atoms with Gasteiger partial charge < -0.3 is 15.4 Å². The van der Waals surface area contributed by atoms with E-state index < -0.39 is 0 Å². The lowest BCUT2D eigenvalue weighted by Gasteiger charge is -2.28. The molecule has 0 spiro atoms. The summed E-state index contributed by atoms with van der Waals surface area (Å²) >= 11 is 1.91. The molecule has 2 N–H and O–H groups in total. The molecule has 1 aromatic carbocycles. The second-order valence-electron chi connectivity index (χ2n) is 4.00. The van der Waals surface area contributed by atoms with Crippen LogP contribution in [0.4, 0.5) is 5.69 Å². The molecule has 0 aromatic heterocycles. The molecule has 16 heavy (non-hydrogen) atoms. The molecule has 0 saturated carbocycles. The average molecular weight is 238 g/mol. The third kappa shape index (κ3) is 2.13. The molecule has 0 aliphatic carbocycles. The van der Waals surface area contributed by atoms with Gasteiger partial charge >= 0.3 is 0 Å². The highest BCUT2D eigenvalue weighted by atomic mass is 32.2. The van der Waals surface area contributed by atoms with Crippen molar-refractivity contribution in [2.75, 3.05) is 31.8 Å². The number of anilines is 1. The first-order chi connectivity index (χ1) is 7.76. The van der Waals surface area contributed by atoms with Gasteiger partial charge in [0.1, 0.15) is 5.75 Å². The molecule has 3 nitrogen and oxygen atoms in total. The van der Waals surface area contributed by atoms with Crippen LogP contribution in [0.15, 0.2) is 17.0 Å². The maximum atomic E-state index is 5.40. The molecule has 1 aliphatic heterocycles. The number of thioether (sulfide) groups is 1. The van der Waals surface area contributed by atoms with Gasteiger partial charge in [-0.15, -0.1) is 11.8 Å². The van der Waals surface area contributed by atoms with Crippen LogP contribution in [0.25, 0.3) is 0 Å². The van der Waals surface area contributed by atoms with E-state index in [-0.39, 0.29) is 0 Å². The molecule has 4 heteroatoms. The Morgan fingerprint density at radius 3 is 3.06 bits per heavy atom. The predicted octanol–water partition coefficient (Wildman–Crippen LogP) is 2.11. The summed E-state index contributed by atoms with van der Waals surface area (Å²) in [7, 11) is 3.70. The third-order valence-corrected chi connectivity index (χ3v) is 4.15. The van der Waals surface area contributed by atoms with E-state index in [0.29, 0.717) is 6.04 Å². The van der Waals surface area contributed by atoms with Crippen LogP contribution in [0.3, 0.4) is 0 Å². The molecular weight excluding hydrogens is 220 g/mol. The third-order valence-electron chi connectivity index (χ3n) is 2.76. The number of likely N-dealkylation sites (N-methyl/N-ethyl adjacent to an activating group) is 1.